The van der Waals surface area contributed by atoms with Gasteiger partial charge in [0.25, 0.3) is 0 Å². The second kappa shape index (κ2) is 6.57. The average Bonchev–Trinajstić information content (AvgIpc) is 2.68. The van der Waals surface area contributed by atoms with E-state index in [1.807, 2.05) is 66.7 Å². The lowest BCUT2D eigenvalue weighted by molar-refractivity contribution is 0.104. The van der Waals surface area contributed by atoms with Crippen molar-refractivity contribution < 1.29 is 9.53 Å². The molecule has 3 heteroatoms. The molecule has 0 atom stereocenters. The van der Waals surface area contributed by atoms with Crippen molar-refractivity contribution in [2.75, 3.05) is 0 Å². The number of fused-ring (bicyclic) bond motifs is 1. The molecule has 0 saturated heterocycles. The van der Waals surface area contributed by atoms with Crippen LogP contribution in [0.2, 0.25) is 0 Å². The van der Waals surface area contributed by atoms with Crippen molar-refractivity contribution in [3.05, 3.63) is 102 Å². The van der Waals surface area contributed by atoms with E-state index in [-0.39, 0.29) is 5.78 Å². The van der Waals surface area contributed by atoms with Gasteiger partial charge in [0.15, 0.2) is 5.78 Å². The van der Waals surface area contributed by atoms with E-state index in [2.05, 4.69) is 4.98 Å². The summed E-state index contributed by atoms with van der Waals surface area (Å²) in [6.45, 7) is 0. The summed E-state index contributed by atoms with van der Waals surface area (Å²) in [6, 6.07) is 26.2. The van der Waals surface area contributed by atoms with Crippen LogP contribution in [0.5, 0.6) is 11.5 Å². The van der Waals surface area contributed by atoms with Crippen LogP contribution in [0.15, 0.2) is 91.1 Å². The number of carbonyl (C=O) groups excluding carboxylic acids is 1. The standard InChI is InChI=1S/C22H15NO2/c24-22(20-13-14-23-21-12-5-4-11-19(20)21)16-7-6-10-18(15-16)25-17-8-2-1-3-9-17/h1-15H. The van der Waals surface area contributed by atoms with E-state index in [0.29, 0.717) is 16.9 Å². The molecule has 0 unspecified atom stereocenters. The average molecular weight is 325 g/mol. The topological polar surface area (TPSA) is 39.2 Å². The molecule has 0 aliphatic heterocycles. The number of aromatic nitrogens is 1. The van der Waals surface area contributed by atoms with Crippen LogP contribution in [-0.4, -0.2) is 10.8 Å². The molecule has 0 aliphatic rings. The molecule has 25 heavy (non-hydrogen) atoms. The fraction of sp³-hybridized carbons (Fsp3) is 0. The highest BCUT2D eigenvalue weighted by Gasteiger charge is 2.13. The van der Waals surface area contributed by atoms with E-state index < -0.39 is 0 Å². The first kappa shape index (κ1) is 15.1. The third-order valence-electron chi connectivity index (χ3n) is 3.97. The number of hydrogen-bond donors (Lipinski definition) is 0. The Hall–Kier alpha value is -3.46. The number of carbonyl (C=O) groups is 1. The molecule has 0 amide bonds. The zero-order valence-electron chi connectivity index (χ0n) is 13.4. The summed E-state index contributed by atoms with van der Waals surface area (Å²) in [5, 5.41) is 0.851. The van der Waals surface area contributed by atoms with Gasteiger partial charge in [-0.25, -0.2) is 0 Å². The third-order valence-corrected chi connectivity index (χ3v) is 3.97. The molecule has 0 fully saturated rings. The quantitative estimate of drug-likeness (QED) is 0.481. The Balaban J connectivity index is 1.69. The molecule has 0 N–H and O–H groups in total. The van der Waals surface area contributed by atoms with Crippen LogP contribution in [0.3, 0.4) is 0 Å². The molecule has 120 valence electrons. The smallest absolute Gasteiger partial charge is 0.193 e. The molecule has 3 nitrogen and oxygen atoms in total. The molecule has 1 aromatic heterocycles. The van der Waals surface area contributed by atoms with E-state index in [0.717, 1.165) is 16.7 Å². The van der Waals surface area contributed by atoms with Gasteiger partial charge in [-0.15, -0.1) is 0 Å². The molecule has 4 rings (SSSR count). The highest BCUT2D eigenvalue weighted by atomic mass is 16.5. The van der Waals surface area contributed by atoms with E-state index in [4.69, 9.17) is 4.74 Å². The highest BCUT2D eigenvalue weighted by molar-refractivity contribution is 6.16. The minimum Gasteiger partial charge on any atom is -0.457 e. The number of ketones is 1. The summed E-state index contributed by atoms with van der Waals surface area (Å²) in [5.41, 5.74) is 2.04. The van der Waals surface area contributed by atoms with Gasteiger partial charge in [0.05, 0.1) is 5.52 Å². The Morgan fingerprint density at radius 2 is 1.52 bits per heavy atom. The molecule has 0 radical (unpaired) electrons. The maximum atomic E-state index is 13.0. The van der Waals surface area contributed by atoms with Gasteiger partial charge in [-0.2, -0.15) is 0 Å². The molecule has 1 heterocycles. The minimum atomic E-state index is -0.0443. The van der Waals surface area contributed by atoms with Crippen molar-refractivity contribution in [1.29, 1.82) is 0 Å². The Labute approximate surface area is 145 Å². The van der Waals surface area contributed by atoms with Crippen LogP contribution >= 0.6 is 0 Å². The lowest BCUT2D eigenvalue weighted by Gasteiger charge is -2.08. The van der Waals surface area contributed by atoms with Gasteiger partial charge in [0, 0.05) is 22.7 Å². The van der Waals surface area contributed by atoms with Gasteiger partial charge in [-0.3, -0.25) is 9.78 Å². The van der Waals surface area contributed by atoms with Crippen molar-refractivity contribution in [2.45, 2.75) is 0 Å². The van der Waals surface area contributed by atoms with Crippen molar-refractivity contribution in [1.82, 2.24) is 4.98 Å². The van der Waals surface area contributed by atoms with Gasteiger partial charge in [0.2, 0.25) is 0 Å². The van der Waals surface area contributed by atoms with Crippen molar-refractivity contribution in [3.63, 3.8) is 0 Å². The molecule has 3 aromatic carbocycles. The molecular weight excluding hydrogens is 310 g/mol. The first-order valence-electron chi connectivity index (χ1n) is 8.03. The molecule has 0 spiro atoms. The third kappa shape index (κ3) is 3.12. The summed E-state index contributed by atoms with van der Waals surface area (Å²) in [7, 11) is 0. The lowest BCUT2D eigenvalue weighted by Crippen LogP contribution is -2.03. The second-order valence-electron chi connectivity index (χ2n) is 5.65. The van der Waals surface area contributed by atoms with E-state index in [9.17, 15) is 4.79 Å². The van der Waals surface area contributed by atoms with Crippen molar-refractivity contribution in [2.24, 2.45) is 0 Å². The molecule has 0 bridgehead atoms. The van der Waals surface area contributed by atoms with Crippen LogP contribution in [-0.2, 0) is 0 Å². The van der Waals surface area contributed by atoms with Gasteiger partial charge in [0.1, 0.15) is 11.5 Å². The van der Waals surface area contributed by atoms with Crippen molar-refractivity contribution in [3.8, 4) is 11.5 Å². The SMILES string of the molecule is O=C(c1cccc(Oc2ccccc2)c1)c1ccnc2ccccc12. The van der Waals surface area contributed by atoms with Crippen molar-refractivity contribution >= 4 is 16.7 Å². The monoisotopic (exact) mass is 325 g/mol. The normalized spacial score (nSPS) is 10.6. The number of ether oxygens (including phenoxy) is 1. The number of hydrogen-bond acceptors (Lipinski definition) is 3. The molecule has 4 aromatic rings. The number of para-hydroxylation sites is 2. The van der Waals surface area contributed by atoms with Crippen LogP contribution in [0.1, 0.15) is 15.9 Å². The summed E-state index contributed by atoms with van der Waals surface area (Å²) >= 11 is 0. The molecule has 0 saturated carbocycles. The zero-order chi connectivity index (χ0) is 17.1. The van der Waals surface area contributed by atoms with Crippen LogP contribution < -0.4 is 4.74 Å². The summed E-state index contributed by atoms with van der Waals surface area (Å²) in [6.07, 6.45) is 1.67. The van der Waals surface area contributed by atoms with Crippen LogP contribution in [0.25, 0.3) is 10.9 Å². The van der Waals surface area contributed by atoms with E-state index >= 15 is 0 Å². The number of rotatable bonds is 4. The van der Waals surface area contributed by atoms with Crippen LogP contribution in [0.4, 0.5) is 0 Å². The van der Waals surface area contributed by atoms with Gasteiger partial charge < -0.3 is 4.74 Å². The molecular formula is C22H15NO2. The highest BCUT2D eigenvalue weighted by Crippen LogP contribution is 2.25. The summed E-state index contributed by atoms with van der Waals surface area (Å²) in [4.78, 5) is 17.3. The Morgan fingerprint density at radius 1 is 0.760 bits per heavy atom. The maximum absolute atomic E-state index is 13.0. The first-order chi connectivity index (χ1) is 12.3. The predicted molar refractivity (Wildman–Crippen MR) is 98.1 cm³/mol. The Morgan fingerprint density at radius 3 is 2.40 bits per heavy atom. The lowest BCUT2D eigenvalue weighted by atomic mass is 10.00. The zero-order valence-corrected chi connectivity index (χ0v) is 13.4. The van der Waals surface area contributed by atoms with E-state index in [1.165, 1.54) is 0 Å². The Kier molecular flexibility index (Phi) is 3.97. The fourth-order valence-corrected chi connectivity index (χ4v) is 2.77. The Bertz CT molecular complexity index is 1040. The minimum absolute atomic E-state index is 0.0443. The summed E-state index contributed by atoms with van der Waals surface area (Å²) < 4.78 is 5.83. The second-order valence-corrected chi connectivity index (χ2v) is 5.65. The maximum Gasteiger partial charge on any atom is 0.193 e. The summed E-state index contributed by atoms with van der Waals surface area (Å²) in [5.74, 6) is 1.33. The van der Waals surface area contributed by atoms with Gasteiger partial charge in [-0.1, -0.05) is 48.5 Å². The first-order valence-corrected chi connectivity index (χ1v) is 8.03. The van der Waals surface area contributed by atoms with E-state index in [1.54, 1.807) is 24.4 Å². The number of nitrogens with zero attached hydrogens (tertiary/aromatic N) is 1. The predicted octanol–water partition coefficient (Wildman–Crippen LogP) is 5.26. The van der Waals surface area contributed by atoms with Gasteiger partial charge >= 0.3 is 0 Å². The fourth-order valence-electron chi connectivity index (χ4n) is 2.77. The molecule has 0 aliphatic carbocycles. The van der Waals surface area contributed by atoms with Gasteiger partial charge in [-0.05, 0) is 36.4 Å². The van der Waals surface area contributed by atoms with Crippen LogP contribution in [0, 0.1) is 0 Å². The number of benzene rings is 3. The number of pyridine rings is 1. The largest absolute Gasteiger partial charge is 0.457 e.